The van der Waals surface area contributed by atoms with Crippen LogP contribution in [0.4, 0.5) is 17.6 Å². The van der Waals surface area contributed by atoms with Crippen molar-refractivity contribution < 1.29 is 61.0 Å². The van der Waals surface area contributed by atoms with Crippen molar-refractivity contribution >= 4 is 70.5 Å². The lowest BCUT2D eigenvalue weighted by molar-refractivity contribution is -0.250. The average Bonchev–Trinajstić information content (AvgIpc) is 3.68. The van der Waals surface area contributed by atoms with Crippen molar-refractivity contribution in [3.05, 3.63) is 33.8 Å². The lowest BCUT2D eigenvalue weighted by atomic mass is 9.97. The van der Waals surface area contributed by atoms with Crippen LogP contribution < -0.4 is 21.3 Å². The third kappa shape index (κ3) is 14.9. The number of likely N-dealkylation sites (tertiary alicyclic amines) is 2. The van der Waals surface area contributed by atoms with E-state index in [4.69, 9.17) is 23.2 Å². The van der Waals surface area contributed by atoms with Gasteiger partial charge in [0.05, 0.1) is 6.54 Å². The fourth-order valence-corrected chi connectivity index (χ4v) is 9.24. The van der Waals surface area contributed by atoms with Crippen LogP contribution in [0.1, 0.15) is 111 Å². The predicted octanol–water partition coefficient (Wildman–Crippen LogP) is 3.84. The molecule has 392 valence electrons. The molecule has 3 fully saturated rings. The Hall–Kier alpha value is -4.76. The molecule has 0 unspecified atom stereocenters. The smallest absolute Gasteiger partial charge is 0.373 e. The van der Waals surface area contributed by atoms with Crippen LogP contribution in [0.15, 0.2) is 18.2 Å². The van der Waals surface area contributed by atoms with Crippen LogP contribution in [-0.4, -0.2) is 166 Å². The van der Waals surface area contributed by atoms with Gasteiger partial charge >= 0.3 is 6.18 Å². The van der Waals surface area contributed by atoms with Crippen molar-refractivity contribution in [2.75, 3.05) is 40.3 Å². The van der Waals surface area contributed by atoms with Gasteiger partial charge in [0.1, 0.15) is 41.9 Å². The van der Waals surface area contributed by atoms with Gasteiger partial charge in [0, 0.05) is 63.0 Å². The molecule has 5 N–H and O–H groups in total. The van der Waals surface area contributed by atoms with E-state index in [2.05, 4.69) is 21.3 Å². The Balaban J connectivity index is 1.71. The normalized spacial score (nSPS) is 24.6. The molecule has 23 heteroatoms. The maximum Gasteiger partial charge on any atom is 0.426 e. The average molecular weight is 1040 g/mol. The minimum Gasteiger partial charge on any atom is -0.373 e. The van der Waals surface area contributed by atoms with E-state index in [9.17, 15) is 61.0 Å². The standard InChI is InChI=1S/C47H68Cl2F4N8O9/c1-27(2)22-33-42(67)59(7)35(24-28-23-29(48)17-18-31(28)49)40(65)57-45(3,4)43(68)54-19-10-9-15-34(38(63)56-33)58(6)41(66)32(14-13-16-37(62)60-20-11-8-12-21-60)55-39(64)36-25-30(50)26-61(36)44(69)46(5,70)47(51,52)53/h17-18,23,27,30,32-36,70H,8-16,19-22,24-26H2,1-7H3,(H,54,68)(H,55,64)(H,56,63)(H,57,65)/t30-,32+,33+,34+,35+,36+,46-/m1/s1. The second kappa shape index (κ2) is 24.6. The Bertz CT molecular complexity index is 2090. The predicted molar refractivity (Wildman–Crippen MR) is 252 cm³/mol. The molecule has 1 aromatic carbocycles. The molecule has 7 atom stereocenters. The minimum absolute atomic E-state index is 0.0149. The molecule has 8 amide bonds. The first-order valence-electron chi connectivity index (χ1n) is 23.8. The first kappa shape index (κ1) is 57.8. The third-order valence-corrected chi connectivity index (χ3v) is 13.8. The second-order valence-electron chi connectivity index (χ2n) is 19.7. The molecule has 3 aliphatic rings. The van der Waals surface area contributed by atoms with Crippen LogP contribution in [0.25, 0.3) is 0 Å². The molecule has 3 aliphatic heterocycles. The Morgan fingerprint density at radius 2 is 1.66 bits per heavy atom. The van der Waals surface area contributed by atoms with E-state index in [0.717, 1.165) is 29.1 Å². The lowest BCUT2D eigenvalue weighted by Gasteiger charge is -2.36. The second-order valence-corrected chi connectivity index (χ2v) is 20.5. The summed E-state index contributed by atoms with van der Waals surface area (Å²) in [7, 11) is 2.64. The van der Waals surface area contributed by atoms with Gasteiger partial charge in [-0.2, -0.15) is 13.2 Å². The summed E-state index contributed by atoms with van der Waals surface area (Å²) in [6.07, 6.45) is -5.53. The van der Waals surface area contributed by atoms with E-state index in [1.807, 2.05) is 0 Å². The van der Waals surface area contributed by atoms with Crippen molar-refractivity contribution in [3.8, 4) is 0 Å². The molecule has 3 saturated heterocycles. The monoisotopic (exact) mass is 1030 g/mol. The number of piperidine rings is 1. The number of halogens is 6. The highest BCUT2D eigenvalue weighted by atomic mass is 35.5. The number of hydrogen-bond acceptors (Lipinski definition) is 9. The number of alkyl halides is 4. The Kier molecular flexibility index (Phi) is 20.3. The van der Waals surface area contributed by atoms with E-state index >= 15 is 0 Å². The van der Waals surface area contributed by atoms with Crippen LogP contribution in [0.5, 0.6) is 0 Å². The first-order valence-corrected chi connectivity index (χ1v) is 24.5. The summed E-state index contributed by atoms with van der Waals surface area (Å²) in [5.74, 6) is -7.23. The molecular weight excluding hydrogens is 967 g/mol. The Morgan fingerprint density at radius 3 is 2.29 bits per heavy atom. The number of rotatable bonds is 13. The zero-order valence-corrected chi connectivity index (χ0v) is 42.4. The van der Waals surface area contributed by atoms with Crippen LogP contribution in [0.3, 0.4) is 0 Å². The molecule has 0 spiro atoms. The molecule has 1 aromatic rings. The lowest BCUT2D eigenvalue weighted by Crippen LogP contribution is -2.62. The van der Waals surface area contributed by atoms with Gasteiger partial charge in [-0.15, -0.1) is 0 Å². The largest absolute Gasteiger partial charge is 0.426 e. The van der Waals surface area contributed by atoms with Crippen LogP contribution in [0, 0.1) is 5.92 Å². The number of aliphatic hydroxyl groups is 1. The van der Waals surface area contributed by atoms with Crippen molar-refractivity contribution in [2.45, 2.75) is 165 Å². The Morgan fingerprint density at radius 1 is 1.00 bits per heavy atom. The Labute approximate surface area is 416 Å². The topological polar surface area (TPSA) is 218 Å². The number of carbonyl (C=O) groups is 8. The van der Waals surface area contributed by atoms with Gasteiger partial charge in [-0.05, 0) is 108 Å². The van der Waals surface area contributed by atoms with E-state index < -0.39 is 108 Å². The van der Waals surface area contributed by atoms with E-state index in [-0.39, 0.29) is 86.6 Å². The number of amides is 8. The number of carbonyl (C=O) groups excluding carboxylic acids is 8. The number of likely N-dealkylation sites (N-methyl/N-ethyl adjacent to an activating group) is 2. The van der Waals surface area contributed by atoms with Crippen LogP contribution in [-0.2, 0) is 44.8 Å². The molecule has 0 radical (unpaired) electrons. The fourth-order valence-electron chi connectivity index (χ4n) is 8.85. The van der Waals surface area contributed by atoms with Crippen LogP contribution >= 0.6 is 23.2 Å². The van der Waals surface area contributed by atoms with Crippen molar-refractivity contribution in [3.63, 3.8) is 0 Å². The van der Waals surface area contributed by atoms with Crippen molar-refractivity contribution in [1.82, 2.24) is 40.9 Å². The minimum atomic E-state index is -5.48. The first-order chi connectivity index (χ1) is 32.6. The highest BCUT2D eigenvalue weighted by Gasteiger charge is 2.59. The molecule has 0 saturated carbocycles. The summed E-state index contributed by atoms with van der Waals surface area (Å²) in [6, 6.07) is -2.75. The highest BCUT2D eigenvalue weighted by Crippen LogP contribution is 2.35. The molecule has 0 bridgehead atoms. The molecule has 4 rings (SSSR count). The van der Waals surface area contributed by atoms with Gasteiger partial charge in [-0.3, -0.25) is 38.4 Å². The van der Waals surface area contributed by atoms with Gasteiger partial charge in [-0.1, -0.05) is 37.0 Å². The number of nitrogens with one attached hydrogen (secondary N) is 4. The number of hydrogen-bond donors (Lipinski definition) is 5. The number of benzene rings is 1. The zero-order chi connectivity index (χ0) is 52.5. The molecular formula is C47H68Cl2F4N8O9. The van der Waals surface area contributed by atoms with Crippen molar-refractivity contribution in [1.29, 1.82) is 0 Å². The summed E-state index contributed by atoms with van der Waals surface area (Å²) >= 11 is 12.8. The van der Waals surface area contributed by atoms with E-state index in [1.54, 1.807) is 30.9 Å². The molecule has 3 heterocycles. The summed E-state index contributed by atoms with van der Waals surface area (Å²) in [6.45, 7) is 7.00. The molecule has 17 nitrogen and oxygen atoms in total. The third-order valence-electron chi connectivity index (χ3n) is 13.2. The number of nitrogens with zero attached hydrogens (tertiary/aromatic N) is 4. The van der Waals surface area contributed by atoms with Crippen LogP contribution in [0.2, 0.25) is 10.0 Å². The SMILES string of the molecule is CC(C)C[C@@H]1NC(=O)[C@@H](N(C)C(=O)[C@H](CCCC(=O)N2CCCCC2)NC(=O)[C@@H]2C[C@@H](F)CN2C(=O)[C@@](C)(O)C(F)(F)F)CCCCNC(=O)C(C)(C)NC(=O)[C@H](Cc2cc(Cl)ccc2Cl)N(C)C1=O. The van der Waals surface area contributed by atoms with Gasteiger partial charge < -0.3 is 46.0 Å². The van der Waals surface area contributed by atoms with Crippen molar-refractivity contribution in [2.24, 2.45) is 5.92 Å². The highest BCUT2D eigenvalue weighted by molar-refractivity contribution is 6.33. The summed E-state index contributed by atoms with van der Waals surface area (Å²) < 4.78 is 56.2. The molecule has 70 heavy (non-hydrogen) atoms. The summed E-state index contributed by atoms with van der Waals surface area (Å²) in [5.41, 5.74) is -5.04. The molecule has 0 aliphatic carbocycles. The van der Waals surface area contributed by atoms with Gasteiger partial charge in [0.2, 0.25) is 47.0 Å². The fraction of sp³-hybridized carbons (Fsp3) is 0.702. The quantitative estimate of drug-likeness (QED) is 0.181. The maximum absolute atomic E-state index is 14.9. The zero-order valence-electron chi connectivity index (χ0n) is 40.9. The summed E-state index contributed by atoms with van der Waals surface area (Å²) in [5, 5.41) is 21.5. The van der Waals surface area contributed by atoms with E-state index in [0.29, 0.717) is 23.7 Å². The summed E-state index contributed by atoms with van der Waals surface area (Å²) in [4.78, 5) is 116. The van der Waals surface area contributed by atoms with E-state index in [1.165, 1.54) is 34.0 Å². The van der Waals surface area contributed by atoms with Gasteiger partial charge in [0.15, 0.2) is 0 Å². The van der Waals surface area contributed by atoms with Gasteiger partial charge in [0.25, 0.3) is 5.91 Å². The van der Waals surface area contributed by atoms with Gasteiger partial charge in [-0.25, -0.2) is 4.39 Å². The molecule has 0 aromatic heterocycles. The maximum atomic E-state index is 14.9.